The molecule has 1 spiro atoms. The molecule has 0 radical (unpaired) electrons. The van der Waals surface area contributed by atoms with Crippen LogP contribution in [0.3, 0.4) is 0 Å². The van der Waals surface area contributed by atoms with Gasteiger partial charge in [-0.3, -0.25) is 4.79 Å². The Kier molecular flexibility index (Phi) is 5.28. The lowest BCUT2D eigenvalue weighted by Crippen LogP contribution is -2.50. The van der Waals surface area contributed by atoms with Gasteiger partial charge in [0.15, 0.2) is 0 Å². The van der Waals surface area contributed by atoms with Crippen molar-refractivity contribution in [3.8, 4) is 5.69 Å². The Bertz CT molecular complexity index is 851. The molecule has 2 aliphatic rings. The van der Waals surface area contributed by atoms with E-state index in [1.54, 1.807) is 6.92 Å². The fourth-order valence-electron chi connectivity index (χ4n) is 5.06. The van der Waals surface area contributed by atoms with E-state index in [1.165, 1.54) is 24.8 Å². The monoisotopic (exact) mass is 381 g/mol. The third kappa shape index (κ3) is 4.00. The van der Waals surface area contributed by atoms with Crippen LogP contribution in [0, 0.1) is 13.8 Å². The van der Waals surface area contributed by atoms with E-state index >= 15 is 0 Å². The van der Waals surface area contributed by atoms with Gasteiger partial charge in [-0.05, 0) is 63.3 Å². The number of hydrogen-bond donors (Lipinski definition) is 1. The van der Waals surface area contributed by atoms with Gasteiger partial charge in [-0.25, -0.2) is 4.68 Å². The van der Waals surface area contributed by atoms with Gasteiger partial charge in [0.05, 0.1) is 23.1 Å². The maximum Gasteiger partial charge on any atom is 0.217 e. The predicted octanol–water partition coefficient (Wildman–Crippen LogP) is 4.55. The van der Waals surface area contributed by atoms with E-state index in [1.807, 2.05) is 11.6 Å². The Morgan fingerprint density at radius 3 is 2.68 bits per heavy atom. The molecule has 0 unspecified atom stereocenters. The molecule has 150 valence electrons. The molecule has 2 atom stereocenters. The summed E-state index contributed by atoms with van der Waals surface area (Å²) in [6.07, 6.45) is 7.65. The summed E-state index contributed by atoms with van der Waals surface area (Å²) in [5, 5.41) is 7.80. The lowest BCUT2D eigenvalue weighted by atomic mass is 9.76. The first kappa shape index (κ1) is 19.2. The lowest BCUT2D eigenvalue weighted by Gasteiger charge is -2.47. The first-order valence-electron chi connectivity index (χ1n) is 10.5. The minimum Gasteiger partial charge on any atom is -0.367 e. The average Bonchev–Trinajstić information content (AvgIpc) is 3.00. The van der Waals surface area contributed by atoms with Crippen LogP contribution in [0.1, 0.15) is 74.9 Å². The van der Waals surface area contributed by atoms with Gasteiger partial charge in [0.25, 0.3) is 0 Å². The Hall–Kier alpha value is -2.14. The highest BCUT2D eigenvalue weighted by Gasteiger charge is 2.43. The summed E-state index contributed by atoms with van der Waals surface area (Å²) in [6.45, 7) is 5.71. The molecule has 1 aliphatic heterocycles. The van der Waals surface area contributed by atoms with Crippen molar-refractivity contribution in [2.75, 3.05) is 0 Å². The van der Waals surface area contributed by atoms with Gasteiger partial charge in [0, 0.05) is 18.7 Å². The summed E-state index contributed by atoms with van der Waals surface area (Å²) in [5.41, 5.74) is 4.28. The number of benzene rings is 1. The molecular weight excluding hydrogens is 350 g/mol. The maximum absolute atomic E-state index is 11.7. The number of carbonyl (C=O) groups is 1. The standard InChI is InChI=1S/C23H31N3O2/c1-16-12-17(2)26(25-16)21-9-7-8-19(13-21)22-14-20(24-18(3)27)15-23(28-22)10-5-4-6-11-23/h7-9,12-13,20,22H,4-6,10-11,14-15H2,1-3H3,(H,24,27)/t20-,22-/m1/s1. The molecule has 1 aromatic carbocycles. The van der Waals surface area contributed by atoms with Gasteiger partial charge in [0.1, 0.15) is 0 Å². The smallest absolute Gasteiger partial charge is 0.217 e. The third-order valence-electron chi connectivity index (χ3n) is 6.18. The highest BCUT2D eigenvalue weighted by atomic mass is 16.5. The number of amides is 1. The van der Waals surface area contributed by atoms with Crippen LogP contribution in [0.5, 0.6) is 0 Å². The molecule has 1 saturated heterocycles. The van der Waals surface area contributed by atoms with E-state index in [0.29, 0.717) is 0 Å². The van der Waals surface area contributed by atoms with Gasteiger partial charge in [-0.2, -0.15) is 5.10 Å². The first-order chi connectivity index (χ1) is 13.4. The second kappa shape index (κ2) is 7.70. The number of nitrogens with zero attached hydrogens (tertiary/aromatic N) is 2. The Morgan fingerprint density at radius 1 is 1.21 bits per heavy atom. The van der Waals surface area contributed by atoms with Crippen LogP contribution in [0.15, 0.2) is 30.3 Å². The molecule has 5 heteroatoms. The van der Waals surface area contributed by atoms with Gasteiger partial charge in [-0.1, -0.05) is 31.4 Å². The van der Waals surface area contributed by atoms with Crippen molar-refractivity contribution < 1.29 is 9.53 Å². The van der Waals surface area contributed by atoms with E-state index in [-0.39, 0.29) is 23.7 Å². The number of rotatable bonds is 3. The second-order valence-corrected chi connectivity index (χ2v) is 8.62. The first-order valence-corrected chi connectivity index (χ1v) is 10.5. The van der Waals surface area contributed by atoms with E-state index in [4.69, 9.17) is 4.74 Å². The second-order valence-electron chi connectivity index (χ2n) is 8.62. The Morgan fingerprint density at radius 2 is 2.00 bits per heavy atom. The topological polar surface area (TPSA) is 56.2 Å². The molecule has 2 aromatic rings. The molecular formula is C23H31N3O2. The molecule has 1 saturated carbocycles. The van der Waals surface area contributed by atoms with Crippen LogP contribution in [0.2, 0.25) is 0 Å². The number of carbonyl (C=O) groups excluding carboxylic acids is 1. The zero-order valence-electron chi connectivity index (χ0n) is 17.2. The number of nitrogens with one attached hydrogen (secondary N) is 1. The fourth-order valence-corrected chi connectivity index (χ4v) is 5.06. The Balaban J connectivity index is 1.63. The molecule has 5 nitrogen and oxygen atoms in total. The summed E-state index contributed by atoms with van der Waals surface area (Å²) in [7, 11) is 0. The SMILES string of the molecule is CC(=O)N[C@@H]1C[C@H](c2cccc(-n3nc(C)cc3C)c2)OC2(CCCCC2)C1. The van der Waals surface area contributed by atoms with Gasteiger partial charge >= 0.3 is 0 Å². The number of hydrogen-bond acceptors (Lipinski definition) is 3. The number of ether oxygens (including phenoxy) is 1. The largest absolute Gasteiger partial charge is 0.367 e. The van der Waals surface area contributed by atoms with Crippen molar-refractivity contribution >= 4 is 5.91 Å². The molecule has 4 rings (SSSR count). The van der Waals surface area contributed by atoms with E-state index < -0.39 is 0 Å². The van der Waals surface area contributed by atoms with Crippen LogP contribution >= 0.6 is 0 Å². The summed E-state index contributed by atoms with van der Waals surface area (Å²) in [4.78, 5) is 11.7. The lowest BCUT2D eigenvalue weighted by molar-refractivity contribution is -0.158. The van der Waals surface area contributed by atoms with Crippen molar-refractivity contribution in [1.29, 1.82) is 0 Å². The van der Waals surface area contributed by atoms with Gasteiger partial charge in [-0.15, -0.1) is 0 Å². The van der Waals surface area contributed by atoms with E-state index in [2.05, 4.69) is 47.7 Å². The number of aryl methyl sites for hydroxylation is 2. The summed E-state index contributed by atoms with van der Waals surface area (Å²) in [6, 6.07) is 10.8. The molecule has 1 aliphatic carbocycles. The van der Waals surface area contributed by atoms with Crippen LogP contribution < -0.4 is 5.32 Å². The maximum atomic E-state index is 11.7. The zero-order chi connectivity index (χ0) is 19.7. The average molecular weight is 382 g/mol. The van der Waals surface area contributed by atoms with Crippen molar-refractivity contribution in [2.24, 2.45) is 0 Å². The van der Waals surface area contributed by atoms with Crippen molar-refractivity contribution in [2.45, 2.75) is 83.5 Å². The Labute approximate surface area is 167 Å². The highest BCUT2D eigenvalue weighted by Crippen LogP contribution is 2.45. The van der Waals surface area contributed by atoms with Crippen LogP contribution in [-0.2, 0) is 9.53 Å². The molecule has 28 heavy (non-hydrogen) atoms. The molecule has 0 bridgehead atoms. The van der Waals surface area contributed by atoms with Gasteiger partial charge in [0.2, 0.25) is 5.91 Å². The van der Waals surface area contributed by atoms with E-state index in [9.17, 15) is 4.79 Å². The minimum atomic E-state index is -0.0947. The summed E-state index contributed by atoms with van der Waals surface area (Å²) in [5.74, 6) is 0.0491. The van der Waals surface area contributed by atoms with Crippen LogP contribution in [0.4, 0.5) is 0 Å². The number of aromatic nitrogens is 2. The van der Waals surface area contributed by atoms with Crippen molar-refractivity contribution in [3.63, 3.8) is 0 Å². The molecule has 1 N–H and O–H groups in total. The highest BCUT2D eigenvalue weighted by molar-refractivity contribution is 5.73. The summed E-state index contributed by atoms with van der Waals surface area (Å²) >= 11 is 0. The quantitative estimate of drug-likeness (QED) is 0.849. The van der Waals surface area contributed by atoms with Crippen molar-refractivity contribution in [1.82, 2.24) is 15.1 Å². The minimum absolute atomic E-state index is 0.000570. The van der Waals surface area contributed by atoms with Gasteiger partial charge < -0.3 is 10.1 Å². The fraction of sp³-hybridized carbons (Fsp3) is 0.565. The predicted molar refractivity (Wildman–Crippen MR) is 110 cm³/mol. The third-order valence-corrected chi connectivity index (χ3v) is 6.18. The zero-order valence-corrected chi connectivity index (χ0v) is 17.2. The van der Waals surface area contributed by atoms with Crippen LogP contribution in [0.25, 0.3) is 5.69 Å². The molecule has 2 fully saturated rings. The summed E-state index contributed by atoms with van der Waals surface area (Å²) < 4.78 is 8.75. The normalized spacial score (nSPS) is 24.2. The molecule has 1 amide bonds. The van der Waals surface area contributed by atoms with Crippen molar-refractivity contribution in [3.05, 3.63) is 47.3 Å². The molecule has 2 heterocycles. The molecule has 1 aromatic heterocycles. The van der Waals surface area contributed by atoms with Crippen LogP contribution in [-0.4, -0.2) is 27.3 Å². The van der Waals surface area contributed by atoms with E-state index in [0.717, 1.165) is 42.8 Å².